The third kappa shape index (κ3) is 5.12. The van der Waals surface area contributed by atoms with Gasteiger partial charge in [-0.1, -0.05) is 13.8 Å². The van der Waals surface area contributed by atoms with Gasteiger partial charge in [0.2, 0.25) is 10.0 Å². The first-order valence-corrected chi connectivity index (χ1v) is 5.69. The zero-order valence-electron chi connectivity index (χ0n) is 7.79. The zero-order valence-corrected chi connectivity index (χ0v) is 8.61. The van der Waals surface area contributed by atoms with Gasteiger partial charge in [0.15, 0.2) is 0 Å². The normalized spacial score (nSPS) is 13.1. The van der Waals surface area contributed by atoms with E-state index in [-0.39, 0.29) is 5.75 Å². The first kappa shape index (κ1) is 11.4. The third-order valence-electron chi connectivity index (χ3n) is 1.36. The van der Waals surface area contributed by atoms with Gasteiger partial charge in [0.25, 0.3) is 0 Å². The average Bonchev–Trinajstić information content (AvgIpc) is 2.00. The molecular weight excluding hydrogens is 176 g/mol. The Morgan fingerprint density at radius 2 is 2.00 bits per heavy atom. The van der Waals surface area contributed by atoms with E-state index >= 15 is 0 Å². The predicted octanol–water partition coefficient (Wildman–Crippen LogP) is 1.10. The fourth-order valence-corrected chi connectivity index (χ4v) is 1.46. The molecule has 0 atom stereocenters. The summed E-state index contributed by atoms with van der Waals surface area (Å²) < 4.78 is 22.1. The van der Waals surface area contributed by atoms with Crippen molar-refractivity contribution in [2.45, 2.75) is 33.6 Å². The van der Waals surface area contributed by atoms with Crippen LogP contribution in [0.15, 0.2) is 5.10 Å². The quantitative estimate of drug-likeness (QED) is 0.524. The van der Waals surface area contributed by atoms with E-state index < -0.39 is 10.0 Å². The van der Waals surface area contributed by atoms with Gasteiger partial charge in [-0.15, -0.1) is 0 Å². The van der Waals surface area contributed by atoms with E-state index in [0.717, 1.165) is 12.1 Å². The number of hydrazone groups is 1. The summed E-state index contributed by atoms with van der Waals surface area (Å²) in [4.78, 5) is 2.17. The van der Waals surface area contributed by atoms with Crippen molar-refractivity contribution < 1.29 is 8.42 Å². The van der Waals surface area contributed by atoms with Gasteiger partial charge < -0.3 is 0 Å². The van der Waals surface area contributed by atoms with Crippen LogP contribution in [0, 0.1) is 0 Å². The summed E-state index contributed by atoms with van der Waals surface area (Å²) >= 11 is 0. The van der Waals surface area contributed by atoms with Crippen molar-refractivity contribution in [3.8, 4) is 0 Å². The molecule has 0 amide bonds. The van der Waals surface area contributed by atoms with Gasteiger partial charge in [-0.2, -0.15) is 5.10 Å². The van der Waals surface area contributed by atoms with Gasteiger partial charge in [0.05, 0.1) is 5.75 Å². The van der Waals surface area contributed by atoms with Crippen molar-refractivity contribution >= 4 is 15.7 Å². The number of nitrogens with zero attached hydrogens (tertiary/aromatic N) is 1. The fourth-order valence-electron chi connectivity index (χ4n) is 0.541. The van der Waals surface area contributed by atoms with Crippen molar-refractivity contribution in [1.29, 1.82) is 0 Å². The second-order valence-electron chi connectivity index (χ2n) is 2.61. The Balaban J connectivity index is 4.09. The molecular formula is C7H16N2O2S. The lowest BCUT2D eigenvalue weighted by molar-refractivity contribution is 0.583. The summed E-state index contributed by atoms with van der Waals surface area (Å²) in [5, 5.41) is 3.71. The fraction of sp³-hybridized carbons (Fsp3) is 0.857. The van der Waals surface area contributed by atoms with Crippen LogP contribution in [-0.4, -0.2) is 19.9 Å². The molecule has 0 saturated heterocycles. The highest BCUT2D eigenvalue weighted by atomic mass is 32.2. The van der Waals surface area contributed by atoms with Crippen LogP contribution in [-0.2, 0) is 10.0 Å². The van der Waals surface area contributed by atoms with Crippen molar-refractivity contribution in [2.75, 3.05) is 5.75 Å². The van der Waals surface area contributed by atoms with Gasteiger partial charge in [0, 0.05) is 5.71 Å². The molecule has 0 heterocycles. The summed E-state index contributed by atoms with van der Waals surface area (Å²) in [6.45, 7) is 5.52. The number of sulfonamides is 1. The van der Waals surface area contributed by atoms with E-state index in [1.807, 2.05) is 13.8 Å². The first-order valence-electron chi connectivity index (χ1n) is 4.04. The molecule has 0 fully saturated rings. The summed E-state index contributed by atoms with van der Waals surface area (Å²) in [6, 6.07) is 0. The molecule has 0 unspecified atom stereocenters. The van der Waals surface area contributed by atoms with Gasteiger partial charge in [-0.05, 0) is 19.8 Å². The molecule has 1 N–H and O–H groups in total. The van der Waals surface area contributed by atoms with Gasteiger partial charge in [-0.25, -0.2) is 13.2 Å². The molecule has 12 heavy (non-hydrogen) atoms. The highest BCUT2D eigenvalue weighted by molar-refractivity contribution is 7.89. The highest BCUT2D eigenvalue weighted by Gasteiger charge is 2.05. The van der Waals surface area contributed by atoms with Crippen LogP contribution >= 0.6 is 0 Å². The molecule has 0 aliphatic heterocycles. The summed E-state index contributed by atoms with van der Waals surface area (Å²) in [6.07, 6.45) is 1.37. The molecule has 0 aliphatic carbocycles. The minimum Gasteiger partial charge on any atom is -0.205 e. The van der Waals surface area contributed by atoms with E-state index in [0.29, 0.717) is 6.42 Å². The van der Waals surface area contributed by atoms with E-state index in [4.69, 9.17) is 0 Å². The van der Waals surface area contributed by atoms with E-state index in [2.05, 4.69) is 9.93 Å². The van der Waals surface area contributed by atoms with Crippen molar-refractivity contribution in [1.82, 2.24) is 4.83 Å². The maximum atomic E-state index is 11.0. The zero-order chi connectivity index (χ0) is 9.61. The molecule has 72 valence electrons. The number of nitrogens with one attached hydrogen (secondary N) is 1. The van der Waals surface area contributed by atoms with E-state index in [9.17, 15) is 8.42 Å². The maximum absolute atomic E-state index is 11.0. The Morgan fingerprint density at radius 1 is 1.42 bits per heavy atom. The molecule has 0 aromatic rings. The van der Waals surface area contributed by atoms with Crippen molar-refractivity contribution in [2.24, 2.45) is 5.10 Å². The lowest BCUT2D eigenvalue weighted by Gasteiger charge is -2.01. The Bertz CT molecular complexity index is 244. The van der Waals surface area contributed by atoms with E-state index in [1.54, 1.807) is 6.92 Å². The van der Waals surface area contributed by atoms with Crippen LogP contribution in [0.25, 0.3) is 0 Å². The smallest absolute Gasteiger partial charge is 0.205 e. The Hall–Kier alpha value is -0.580. The minimum atomic E-state index is -3.17. The van der Waals surface area contributed by atoms with Crippen molar-refractivity contribution in [3.63, 3.8) is 0 Å². The van der Waals surface area contributed by atoms with Crippen LogP contribution in [0.1, 0.15) is 33.6 Å². The molecule has 5 heteroatoms. The Labute approximate surface area is 74.1 Å². The van der Waals surface area contributed by atoms with Gasteiger partial charge in [-0.3, -0.25) is 0 Å². The van der Waals surface area contributed by atoms with Crippen LogP contribution in [0.4, 0.5) is 0 Å². The molecule has 0 rings (SSSR count). The molecule has 0 aromatic carbocycles. The highest BCUT2D eigenvalue weighted by Crippen LogP contribution is 1.89. The van der Waals surface area contributed by atoms with E-state index in [1.165, 1.54) is 0 Å². The second-order valence-corrected chi connectivity index (χ2v) is 4.43. The largest absolute Gasteiger partial charge is 0.247 e. The Morgan fingerprint density at radius 3 is 2.42 bits per heavy atom. The molecule has 4 nitrogen and oxygen atoms in total. The minimum absolute atomic E-state index is 0.132. The van der Waals surface area contributed by atoms with Crippen molar-refractivity contribution in [3.05, 3.63) is 0 Å². The second kappa shape index (κ2) is 5.13. The summed E-state index contributed by atoms with van der Waals surface area (Å²) in [5.74, 6) is 0.132. The van der Waals surface area contributed by atoms with Gasteiger partial charge >= 0.3 is 0 Å². The standard InChI is InChI=1S/C7H16N2O2S/c1-4-6-12(10,11)9-8-7(3)5-2/h9H,4-6H2,1-3H3. The monoisotopic (exact) mass is 192 g/mol. The third-order valence-corrected chi connectivity index (χ3v) is 2.68. The summed E-state index contributed by atoms with van der Waals surface area (Å²) in [7, 11) is -3.17. The predicted molar refractivity (Wildman–Crippen MR) is 50.6 cm³/mol. The molecule has 0 radical (unpaired) electrons. The van der Waals surface area contributed by atoms with Crippen LogP contribution in [0.2, 0.25) is 0 Å². The molecule has 0 saturated carbocycles. The number of hydrogen-bond acceptors (Lipinski definition) is 3. The number of hydrogen-bond donors (Lipinski definition) is 1. The lowest BCUT2D eigenvalue weighted by Crippen LogP contribution is -2.22. The lowest BCUT2D eigenvalue weighted by atomic mass is 10.3. The van der Waals surface area contributed by atoms with Crippen LogP contribution in [0.3, 0.4) is 0 Å². The average molecular weight is 192 g/mol. The van der Waals surface area contributed by atoms with Crippen LogP contribution in [0.5, 0.6) is 0 Å². The molecule has 0 aromatic heterocycles. The maximum Gasteiger partial charge on any atom is 0.247 e. The number of rotatable bonds is 5. The molecule has 0 bridgehead atoms. The molecule has 0 spiro atoms. The SMILES string of the molecule is CCCS(=O)(=O)NN=C(C)CC. The Kier molecular flexibility index (Phi) is 4.89. The topological polar surface area (TPSA) is 58.5 Å². The summed E-state index contributed by atoms with van der Waals surface area (Å²) in [5.41, 5.74) is 0.787. The van der Waals surface area contributed by atoms with Gasteiger partial charge in [0.1, 0.15) is 0 Å². The first-order chi connectivity index (χ1) is 5.52. The molecule has 0 aliphatic rings. The van der Waals surface area contributed by atoms with Crippen LogP contribution < -0.4 is 4.83 Å².